The first-order chi connectivity index (χ1) is 8.74. The van der Waals surface area contributed by atoms with Crippen LogP contribution < -0.4 is 15.4 Å². The molecule has 1 aromatic carbocycles. The van der Waals surface area contributed by atoms with E-state index in [2.05, 4.69) is 0 Å². The number of rotatable bonds is 4. The summed E-state index contributed by atoms with van der Waals surface area (Å²) in [4.78, 5) is 13.5. The summed E-state index contributed by atoms with van der Waals surface area (Å²) in [6.07, 6.45) is 0. The highest BCUT2D eigenvalue weighted by atomic mass is 16.5. The molecule has 0 spiro atoms. The molecule has 0 fully saturated rings. The fourth-order valence-corrected chi connectivity index (χ4v) is 1.98. The molecule has 1 aliphatic rings. The first-order valence-electron chi connectivity index (χ1n) is 6.11. The number of hydrogen-bond donors (Lipinski definition) is 1. The molecule has 2 rings (SSSR count). The van der Waals surface area contributed by atoms with Crippen molar-refractivity contribution in [3.8, 4) is 5.75 Å². The van der Waals surface area contributed by atoms with E-state index in [4.69, 9.17) is 15.2 Å². The van der Waals surface area contributed by atoms with Gasteiger partial charge in [-0.2, -0.15) is 0 Å². The number of ether oxygens (including phenoxy) is 2. The van der Waals surface area contributed by atoms with Crippen molar-refractivity contribution >= 4 is 11.7 Å². The molecule has 0 saturated carbocycles. The molecule has 0 atom stereocenters. The third kappa shape index (κ3) is 2.73. The molecule has 5 heteroatoms. The topological polar surface area (TPSA) is 64.8 Å². The van der Waals surface area contributed by atoms with Gasteiger partial charge in [0.05, 0.1) is 18.8 Å². The highest BCUT2D eigenvalue weighted by Crippen LogP contribution is 2.32. The molecule has 0 aromatic heterocycles. The second-order valence-corrected chi connectivity index (χ2v) is 4.08. The molecule has 0 unspecified atom stereocenters. The lowest BCUT2D eigenvalue weighted by atomic mass is 10.1. The maximum Gasteiger partial charge on any atom is 0.325 e. The fourth-order valence-electron chi connectivity index (χ4n) is 1.98. The van der Waals surface area contributed by atoms with Gasteiger partial charge >= 0.3 is 5.97 Å². The first-order valence-corrected chi connectivity index (χ1v) is 6.11. The van der Waals surface area contributed by atoms with Crippen LogP contribution in [-0.4, -0.2) is 32.3 Å². The predicted octanol–water partition coefficient (Wildman–Crippen LogP) is 0.907. The average Bonchev–Trinajstić information content (AvgIpc) is 2.38. The Morgan fingerprint density at radius 2 is 2.39 bits per heavy atom. The Bertz CT molecular complexity index is 434. The summed E-state index contributed by atoms with van der Waals surface area (Å²) in [7, 11) is 0. The lowest BCUT2D eigenvalue weighted by Gasteiger charge is -2.30. The first kappa shape index (κ1) is 12.7. The standard InChI is InChI=1S/C13H18N2O3/c1-2-17-13(16)9-15-5-6-18-12-7-10(8-14)3-4-11(12)15/h3-4,7H,2,5-6,8-9,14H2,1H3. The maximum atomic E-state index is 11.5. The highest BCUT2D eigenvalue weighted by molar-refractivity contribution is 5.77. The van der Waals surface area contributed by atoms with Gasteiger partial charge in [-0.15, -0.1) is 0 Å². The lowest BCUT2D eigenvalue weighted by Crippen LogP contribution is -2.37. The predicted molar refractivity (Wildman–Crippen MR) is 68.7 cm³/mol. The molecule has 0 radical (unpaired) electrons. The molecular formula is C13H18N2O3. The molecule has 0 aliphatic carbocycles. The molecule has 0 bridgehead atoms. The van der Waals surface area contributed by atoms with Crippen molar-refractivity contribution in [1.29, 1.82) is 0 Å². The zero-order chi connectivity index (χ0) is 13.0. The number of fused-ring (bicyclic) bond motifs is 1. The monoisotopic (exact) mass is 250 g/mol. The van der Waals surface area contributed by atoms with Crippen LogP contribution in [0.3, 0.4) is 0 Å². The van der Waals surface area contributed by atoms with E-state index in [1.165, 1.54) is 0 Å². The highest BCUT2D eigenvalue weighted by Gasteiger charge is 2.20. The Hall–Kier alpha value is -1.75. The number of hydrogen-bond acceptors (Lipinski definition) is 5. The van der Waals surface area contributed by atoms with Crippen LogP contribution in [-0.2, 0) is 16.1 Å². The number of nitrogens with zero attached hydrogens (tertiary/aromatic N) is 1. The Morgan fingerprint density at radius 3 is 3.11 bits per heavy atom. The summed E-state index contributed by atoms with van der Waals surface area (Å²) >= 11 is 0. The minimum atomic E-state index is -0.215. The van der Waals surface area contributed by atoms with E-state index in [-0.39, 0.29) is 12.5 Å². The Balaban J connectivity index is 2.15. The van der Waals surface area contributed by atoms with E-state index >= 15 is 0 Å². The van der Waals surface area contributed by atoms with Crippen molar-refractivity contribution in [2.75, 3.05) is 31.2 Å². The molecule has 1 aliphatic heterocycles. The van der Waals surface area contributed by atoms with Gasteiger partial charge in [-0.3, -0.25) is 4.79 Å². The van der Waals surface area contributed by atoms with E-state index in [0.29, 0.717) is 26.3 Å². The normalized spacial score (nSPS) is 13.8. The Labute approximate surface area is 106 Å². The Morgan fingerprint density at radius 1 is 1.56 bits per heavy atom. The van der Waals surface area contributed by atoms with Crippen molar-refractivity contribution in [3.05, 3.63) is 23.8 Å². The van der Waals surface area contributed by atoms with Crippen LogP contribution >= 0.6 is 0 Å². The summed E-state index contributed by atoms with van der Waals surface area (Å²) in [6, 6.07) is 5.81. The van der Waals surface area contributed by atoms with Gasteiger partial charge in [0.15, 0.2) is 0 Å². The van der Waals surface area contributed by atoms with Crippen LogP contribution in [0.2, 0.25) is 0 Å². The molecular weight excluding hydrogens is 232 g/mol. The van der Waals surface area contributed by atoms with Crippen LogP contribution in [0.15, 0.2) is 18.2 Å². The smallest absolute Gasteiger partial charge is 0.325 e. The third-order valence-corrected chi connectivity index (χ3v) is 2.84. The van der Waals surface area contributed by atoms with Crippen LogP contribution in [0.1, 0.15) is 12.5 Å². The summed E-state index contributed by atoms with van der Waals surface area (Å²) in [5.41, 5.74) is 7.54. The van der Waals surface area contributed by atoms with E-state index in [1.807, 2.05) is 23.1 Å². The largest absolute Gasteiger partial charge is 0.490 e. The average molecular weight is 250 g/mol. The van der Waals surface area contributed by atoms with E-state index in [9.17, 15) is 4.79 Å². The molecule has 1 heterocycles. The quantitative estimate of drug-likeness (QED) is 0.805. The molecule has 0 amide bonds. The van der Waals surface area contributed by atoms with Gasteiger partial charge in [-0.1, -0.05) is 6.07 Å². The van der Waals surface area contributed by atoms with E-state index in [1.54, 1.807) is 6.92 Å². The minimum Gasteiger partial charge on any atom is -0.490 e. The van der Waals surface area contributed by atoms with E-state index < -0.39 is 0 Å². The summed E-state index contributed by atoms with van der Waals surface area (Å²) in [6.45, 7) is 4.20. The number of nitrogens with two attached hydrogens (primary N) is 1. The van der Waals surface area contributed by atoms with Crippen LogP contribution in [0, 0.1) is 0 Å². The van der Waals surface area contributed by atoms with Crippen molar-refractivity contribution in [2.45, 2.75) is 13.5 Å². The van der Waals surface area contributed by atoms with Crippen LogP contribution in [0.4, 0.5) is 5.69 Å². The number of esters is 1. The summed E-state index contributed by atoms with van der Waals surface area (Å²) < 4.78 is 10.6. The fraction of sp³-hybridized carbons (Fsp3) is 0.462. The van der Waals surface area contributed by atoms with Crippen molar-refractivity contribution < 1.29 is 14.3 Å². The van der Waals surface area contributed by atoms with Crippen molar-refractivity contribution in [2.24, 2.45) is 5.73 Å². The van der Waals surface area contributed by atoms with Gasteiger partial charge in [0.25, 0.3) is 0 Å². The van der Waals surface area contributed by atoms with Crippen molar-refractivity contribution in [1.82, 2.24) is 0 Å². The van der Waals surface area contributed by atoms with Crippen LogP contribution in [0.5, 0.6) is 5.75 Å². The molecule has 1 aromatic rings. The lowest BCUT2D eigenvalue weighted by molar-refractivity contribution is -0.141. The van der Waals surface area contributed by atoms with Crippen LogP contribution in [0.25, 0.3) is 0 Å². The number of benzene rings is 1. The van der Waals surface area contributed by atoms with Gasteiger partial charge in [0.2, 0.25) is 0 Å². The molecule has 0 saturated heterocycles. The van der Waals surface area contributed by atoms with Crippen molar-refractivity contribution in [3.63, 3.8) is 0 Å². The number of carbonyl (C=O) groups is 1. The number of carbonyl (C=O) groups excluding carboxylic acids is 1. The van der Waals surface area contributed by atoms with Gasteiger partial charge < -0.3 is 20.1 Å². The molecule has 2 N–H and O–H groups in total. The summed E-state index contributed by atoms with van der Waals surface area (Å²) in [5.74, 6) is 0.571. The second kappa shape index (κ2) is 5.73. The molecule has 18 heavy (non-hydrogen) atoms. The minimum absolute atomic E-state index is 0.215. The van der Waals surface area contributed by atoms with Gasteiger partial charge in [-0.05, 0) is 24.6 Å². The van der Waals surface area contributed by atoms with Gasteiger partial charge in [0, 0.05) is 6.54 Å². The number of anilines is 1. The SMILES string of the molecule is CCOC(=O)CN1CCOc2cc(CN)ccc21. The van der Waals surface area contributed by atoms with Gasteiger partial charge in [-0.25, -0.2) is 0 Å². The molecule has 98 valence electrons. The maximum absolute atomic E-state index is 11.5. The van der Waals surface area contributed by atoms with Gasteiger partial charge in [0.1, 0.15) is 18.9 Å². The zero-order valence-corrected chi connectivity index (χ0v) is 10.5. The second-order valence-electron chi connectivity index (χ2n) is 4.08. The van der Waals surface area contributed by atoms with E-state index in [0.717, 1.165) is 17.0 Å². The zero-order valence-electron chi connectivity index (χ0n) is 10.5. The Kier molecular flexibility index (Phi) is 4.04. The summed E-state index contributed by atoms with van der Waals surface area (Å²) in [5, 5.41) is 0. The third-order valence-electron chi connectivity index (χ3n) is 2.84. The molecule has 5 nitrogen and oxygen atoms in total.